The molecule has 0 saturated heterocycles. The highest BCUT2D eigenvalue weighted by atomic mass is 35.5. The van der Waals surface area contributed by atoms with Crippen LogP contribution in [0.15, 0.2) is 30.5 Å². The molecule has 0 bridgehead atoms. The third kappa shape index (κ3) is 4.16. The molecule has 2 aromatic rings. The molecule has 22 heavy (non-hydrogen) atoms. The number of nitrogens with zero attached hydrogens (tertiary/aromatic N) is 2. The number of likely N-dealkylation sites (N-methyl/N-ethyl adjacent to an activating group) is 1. The van der Waals surface area contributed by atoms with Crippen molar-refractivity contribution in [3.8, 4) is 5.75 Å². The third-order valence-corrected chi connectivity index (χ3v) is 3.70. The number of halogens is 2. The molecule has 0 atom stereocenters. The Kier molecular flexibility index (Phi) is 5.71. The number of aromatic hydroxyl groups is 1. The first kappa shape index (κ1) is 16.7. The van der Waals surface area contributed by atoms with Gasteiger partial charge in [0.05, 0.1) is 23.5 Å². The monoisotopic (exact) mass is 341 g/mol. The molecule has 7 heteroatoms. The molecule has 0 amide bonds. The number of anilines is 2. The second-order valence-electron chi connectivity index (χ2n) is 4.80. The Morgan fingerprint density at radius 3 is 2.68 bits per heavy atom. The lowest BCUT2D eigenvalue weighted by Crippen LogP contribution is -2.21. The van der Waals surface area contributed by atoms with Crippen LogP contribution in [0.3, 0.4) is 0 Å². The molecule has 0 spiro atoms. The molecule has 0 aliphatic heterocycles. The average Bonchev–Trinajstić information content (AvgIpc) is 2.50. The Hall–Kier alpha value is -1.69. The van der Waals surface area contributed by atoms with Gasteiger partial charge in [-0.15, -0.1) is 0 Å². The van der Waals surface area contributed by atoms with Crippen molar-refractivity contribution in [3.63, 3.8) is 0 Å². The van der Waals surface area contributed by atoms with Crippen LogP contribution in [0.5, 0.6) is 5.75 Å². The van der Waals surface area contributed by atoms with Crippen LogP contribution in [0, 0.1) is 0 Å². The molecule has 0 aliphatic rings. The van der Waals surface area contributed by atoms with E-state index in [4.69, 9.17) is 28.3 Å². The molecule has 5 nitrogen and oxygen atoms in total. The lowest BCUT2D eigenvalue weighted by atomic mass is 10.2. The van der Waals surface area contributed by atoms with Crippen LogP contribution in [0.1, 0.15) is 5.56 Å². The number of pyridine rings is 1. The van der Waals surface area contributed by atoms with Gasteiger partial charge in [0.2, 0.25) is 0 Å². The van der Waals surface area contributed by atoms with Gasteiger partial charge >= 0.3 is 0 Å². The van der Waals surface area contributed by atoms with Crippen LogP contribution in [0.2, 0.25) is 10.0 Å². The quantitative estimate of drug-likeness (QED) is 0.753. The first-order valence-electron chi connectivity index (χ1n) is 6.70. The van der Waals surface area contributed by atoms with E-state index in [1.54, 1.807) is 12.3 Å². The zero-order valence-corrected chi connectivity index (χ0v) is 13.6. The summed E-state index contributed by atoms with van der Waals surface area (Å²) in [6.45, 7) is 0.986. The van der Waals surface area contributed by atoms with Gasteiger partial charge in [-0.05, 0) is 24.3 Å². The van der Waals surface area contributed by atoms with Crippen LogP contribution in [-0.2, 0) is 6.54 Å². The fourth-order valence-corrected chi connectivity index (χ4v) is 2.47. The van der Waals surface area contributed by atoms with E-state index < -0.39 is 0 Å². The molecule has 0 unspecified atom stereocenters. The maximum atomic E-state index is 9.89. The molecular formula is C15H17Cl2N3O2. The van der Waals surface area contributed by atoms with Crippen molar-refractivity contribution >= 4 is 34.7 Å². The Labute approximate surface area is 139 Å². The van der Waals surface area contributed by atoms with Crippen LogP contribution < -0.4 is 10.2 Å². The fraction of sp³-hybridized carbons (Fsp3) is 0.267. The number of phenols is 1. The Bertz CT molecular complexity index is 635. The SMILES string of the molecule is CN(CCO)c1ccc(NCc2cc(Cl)cc(Cl)c2O)nc1. The van der Waals surface area contributed by atoms with E-state index in [2.05, 4.69) is 10.3 Å². The number of aliphatic hydroxyl groups excluding tert-OH is 1. The van der Waals surface area contributed by atoms with Crippen molar-refractivity contribution in [3.05, 3.63) is 46.1 Å². The van der Waals surface area contributed by atoms with Crippen LogP contribution in [0.25, 0.3) is 0 Å². The molecule has 1 aromatic heterocycles. The number of hydrogen-bond acceptors (Lipinski definition) is 5. The molecule has 2 rings (SSSR count). The third-order valence-electron chi connectivity index (χ3n) is 3.19. The normalized spacial score (nSPS) is 10.5. The van der Waals surface area contributed by atoms with Gasteiger partial charge in [-0.3, -0.25) is 0 Å². The smallest absolute Gasteiger partial charge is 0.139 e. The van der Waals surface area contributed by atoms with Gasteiger partial charge in [0.1, 0.15) is 11.6 Å². The maximum absolute atomic E-state index is 9.89. The number of benzene rings is 1. The average molecular weight is 342 g/mol. The van der Waals surface area contributed by atoms with E-state index >= 15 is 0 Å². The molecule has 0 fully saturated rings. The van der Waals surface area contributed by atoms with E-state index in [0.717, 1.165) is 5.69 Å². The predicted octanol–water partition coefficient (Wildman–Crippen LogP) is 3.13. The second-order valence-corrected chi connectivity index (χ2v) is 5.64. The minimum atomic E-state index is 0.0119. The summed E-state index contributed by atoms with van der Waals surface area (Å²) in [6, 6.07) is 6.87. The van der Waals surface area contributed by atoms with Crippen LogP contribution in [-0.4, -0.2) is 35.4 Å². The summed E-state index contributed by atoms with van der Waals surface area (Å²) >= 11 is 11.8. The van der Waals surface area contributed by atoms with Gasteiger partial charge in [-0.2, -0.15) is 0 Å². The van der Waals surface area contributed by atoms with E-state index in [1.165, 1.54) is 6.07 Å². The van der Waals surface area contributed by atoms with Crippen LogP contribution in [0.4, 0.5) is 11.5 Å². The number of phenolic OH excluding ortho intramolecular Hbond substituents is 1. The number of aromatic nitrogens is 1. The Balaban J connectivity index is 2.03. The largest absolute Gasteiger partial charge is 0.506 e. The van der Waals surface area contributed by atoms with Gasteiger partial charge < -0.3 is 20.4 Å². The van der Waals surface area contributed by atoms with Crippen molar-refractivity contribution in [2.75, 3.05) is 30.4 Å². The lowest BCUT2D eigenvalue weighted by Gasteiger charge is -2.17. The van der Waals surface area contributed by atoms with E-state index in [-0.39, 0.29) is 17.4 Å². The Morgan fingerprint density at radius 2 is 2.05 bits per heavy atom. The molecule has 118 valence electrons. The van der Waals surface area contributed by atoms with Crippen molar-refractivity contribution in [2.45, 2.75) is 6.54 Å². The molecule has 3 N–H and O–H groups in total. The number of rotatable bonds is 6. The van der Waals surface area contributed by atoms with E-state index in [9.17, 15) is 5.11 Å². The second kappa shape index (κ2) is 7.54. The fourth-order valence-electron chi connectivity index (χ4n) is 1.94. The van der Waals surface area contributed by atoms with Crippen molar-refractivity contribution < 1.29 is 10.2 Å². The van der Waals surface area contributed by atoms with Crippen LogP contribution >= 0.6 is 23.2 Å². The molecule has 0 radical (unpaired) electrons. The summed E-state index contributed by atoms with van der Waals surface area (Å²) in [7, 11) is 1.88. The van der Waals surface area contributed by atoms with Gasteiger partial charge in [-0.1, -0.05) is 23.2 Å². The van der Waals surface area contributed by atoms with E-state index in [1.807, 2.05) is 24.1 Å². The number of hydrogen-bond donors (Lipinski definition) is 3. The van der Waals surface area contributed by atoms with Crippen molar-refractivity contribution in [1.29, 1.82) is 0 Å². The summed E-state index contributed by atoms with van der Waals surface area (Å²) < 4.78 is 0. The first-order valence-corrected chi connectivity index (χ1v) is 7.45. The number of nitrogens with one attached hydrogen (secondary N) is 1. The molecule has 0 aliphatic carbocycles. The first-order chi connectivity index (χ1) is 10.5. The van der Waals surface area contributed by atoms with E-state index in [0.29, 0.717) is 29.5 Å². The minimum absolute atomic E-state index is 0.0119. The molecule has 1 heterocycles. The van der Waals surface area contributed by atoms with Crippen molar-refractivity contribution in [1.82, 2.24) is 4.98 Å². The van der Waals surface area contributed by atoms with Gasteiger partial charge in [-0.25, -0.2) is 4.98 Å². The maximum Gasteiger partial charge on any atom is 0.139 e. The predicted molar refractivity (Wildman–Crippen MR) is 90.0 cm³/mol. The van der Waals surface area contributed by atoms with Crippen molar-refractivity contribution in [2.24, 2.45) is 0 Å². The lowest BCUT2D eigenvalue weighted by molar-refractivity contribution is 0.304. The van der Waals surface area contributed by atoms with Gasteiger partial charge in [0, 0.05) is 30.7 Å². The summed E-state index contributed by atoms with van der Waals surface area (Å²) in [5.74, 6) is 0.675. The zero-order chi connectivity index (χ0) is 16.1. The highest BCUT2D eigenvalue weighted by molar-refractivity contribution is 6.35. The Morgan fingerprint density at radius 1 is 1.27 bits per heavy atom. The zero-order valence-electron chi connectivity index (χ0n) is 12.1. The highest BCUT2D eigenvalue weighted by Crippen LogP contribution is 2.31. The summed E-state index contributed by atoms with van der Waals surface area (Å²) in [5.41, 5.74) is 1.51. The molecule has 1 aromatic carbocycles. The molecule has 0 saturated carbocycles. The van der Waals surface area contributed by atoms with Gasteiger partial charge in [0.25, 0.3) is 0 Å². The summed E-state index contributed by atoms with van der Waals surface area (Å²) in [4.78, 5) is 6.19. The minimum Gasteiger partial charge on any atom is -0.506 e. The van der Waals surface area contributed by atoms with Gasteiger partial charge in [0.15, 0.2) is 0 Å². The summed E-state index contributed by atoms with van der Waals surface area (Å²) in [5, 5.41) is 22.6. The summed E-state index contributed by atoms with van der Waals surface area (Å²) in [6.07, 6.45) is 1.71. The molecular weight excluding hydrogens is 325 g/mol. The highest BCUT2D eigenvalue weighted by Gasteiger charge is 2.08. The topological polar surface area (TPSA) is 68.6 Å². The number of aliphatic hydroxyl groups is 1. The standard InChI is InChI=1S/C15H17Cl2N3O2/c1-20(4-5-21)12-2-3-14(19-9-12)18-8-10-6-11(16)7-13(17)15(10)22/h2-3,6-7,9,21-22H,4-5,8H2,1H3,(H,18,19).